The van der Waals surface area contributed by atoms with Crippen molar-refractivity contribution >= 4 is 18.1 Å². The number of β-amino-alcohol motifs (C(OH)–C–C–N with tert-alkyl or cyclic N) is 1. The molecule has 0 bridgehead atoms. The van der Waals surface area contributed by atoms with Crippen LogP contribution in [0.2, 0.25) is 0 Å². The monoisotopic (exact) mass is 475 g/mol. The second kappa shape index (κ2) is 12.4. The number of carbonyl (C=O) groups is 3. The number of ether oxygens (including phenoxy) is 2. The number of likely N-dealkylation sites (tertiary alicyclic amines) is 1. The molecular weight excluding hydrogens is 438 g/mol. The van der Waals surface area contributed by atoms with Crippen molar-refractivity contribution in [3.63, 3.8) is 0 Å². The van der Waals surface area contributed by atoms with E-state index in [1.807, 2.05) is 44.2 Å². The highest BCUT2D eigenvalue weighted by Gasteiger charge is 2.31. The topological polar surface area (TPSA) is 117 Å². The largest absolute Gasteiger partial charge is 0.445 e. The summed E-state index contributed by atoms with van der Waals surface area (Å²) >= 11 is 0. The minimum atomic E-state index is -0.988. The molecule has 188 valence electrons. The Hall–Kier alpha value is -3.07. The molecule has 1 saturated heterocycles. The van der Waals surface area contributed by atoms with Crippen molar-refractivity contribution in [2.75, 3.05) is 13.1 Å². The number of hydrogen-bond donors (Lipinski definition) is 3. The summed E-state index contributed by atoms with van der Waals surface area (Å²) in [7, 11) is 0. The minimum Gasteiger partial charge on any atom is -0.445 e. The Labute approximate surface area is 201 Å². The van der Waals surface area contributed by atoms with Gasteiger partial charge in [0.1, 0.15) is 17.9 Å². The Kier molecular flexibility index (Phi) is 9.92. The molecule has 9 nitrogen and oxygen atoms in total. The number of allylic oxidation sites excluding steroid dienone is 1. The van der Waals surface area contributed by atoms with E-state index in [1.54, 1.807) is 26.8 Å². The Morgan fingerprint density at radius 1 is 1.21 bits per heavy atom. The standard InChI is InChI=1S/C25H37N3O6/c1-17(2)14-20(27-23(31)34-25(3,4)5)22(30)26-19-12-9-13-28(15-21(19)29)24(32)33-16-18-10-7-6-8-11-18/h6-8,10-11,14,17,19,21,29H,9,12-13,15-16H2,1-5H3,(H,26,30)(H,27,31)/b20-14-. The van der Waals surface area contributed by atoms with Gasteiger partial charge in [-0.25, -0.2) is 9.59 Å². The van der Waals surface area contributed by atoms with E-state index >= 15 is 0 Å². The number of aliphatic hydroxyl groups excluding tert-OH is 1. The maximum Gasteiger partial charge on any atom is 0.412 e. The quantitative estimate of drug-likeness (QED) is 0.544. The van der Waals surface area contributed by atoms with Crippen LogP contribution < -0.4 is 10.6 Å². The van der Waals surface area contributed by atoms with Gasteiger partial charge in [-0.3, -0.25) is 10.1 Å². The maximum atomic E-state index is 12.9. The molecule has 1 aromatic rings. The lowest BCUT2D eigenvalue weighted by Gasteiger charge is -2.26. The van der Waals surface area contributed by atoms with Crippen LogP contribution in [0, 0.1) is 5.92 Å². The van der Waals surface area contributed by atoms with Crippen LogP contribution in [0.1, 0.15) is 53.0 Å². The molecule has 1 aliphatic rings. The van der Waals surface area contributed by atoms with Crippen LogP contribution in [0.4, 0.5) is 9.59 Å². The SMILES string of the molecule is CC(C)/C=C(\NC(=O)OC(C)(C)C)C(=O)NC1CCCN(C(=O)OCc2ccccc2)CC1O. The summed E-state index contributed by atoms with van der Waals surface area (Å²) in [5.41, 5.74) is 0.220. The molecule has 0 aliphatic carbocycles. The van der Waals surface area contributed by atoms with Gasteiger partial charge in [0.2, 0.25) is 0 Å². The van der Waals surface area contributed by atoms with Crippen molar-refractivity contribution in [3.8, 4) is 0 Å². The highest BCUT2D eigenvalue weighted by Crippen LogP contribution is 2.15. The summed E-state index contributed by atoms with van der Waals surface area (Å²) in [4.78, 5) is 39.0. The molecule has 9 heteroatoms. The van der Waals surface area contributed by atoms with Crippen molar-refractivity contribution in [3.05, 3.63) is 47.7 Å². The van der Waals surface area contributed by atoms with Crippen molar-refractivity contribution in [1.29, 1.82) is 0 Å². The number of hydrogen-bond acceptors (Lipinski definition) is 6. The smallest absolute Gasteiger partial charge is 0.412 e. The molecule has 3 N–H and O–H groups in total. The first kappa shape index (κ1) is 27.2. The Bertz CT molecular complexity index is 863. The number of aliphatic hydroxyl groups is 1. The minimum absolute atomic E-state index is 0.00961. The number of benzene rings is 1. The summed E-state index contributed by atoms with van der Waals surface area (Å²) in [6, 6.07) is 8.76. The first-order chi connectivity index (χ1) is 15.9. The number of carbonyl (C=O) groups excluding carboxylic acids is 3. The number of amides is 3. The fourth-order valence-electron chi connectivity index (χ4n) is 3.45. The molecule has 0 radical (unpaired) electrons. The predicted octanol–water partition coefficient (Wildman–Crippen LogP) is 3.33. The highest BCUT2D eigenvalue weighted by atomic mass is 16.6. The molecular formula is C25H37N3O6. The lowest BCUT2D eigenvalue weighted by Crippen LogP contribution is -2.49. The molecule has 2 rings (SSSR count). The third kappa shape index (κ3) is 9.43. The van der Waals surface area contributed by atoms with E-state index in [2.05, 4.69) is 10.6 Å². The van der Waals surface area contributed by atoms with Crippen molar-refractivity contribution < 1.29 is 29.0 Å². The summed E-state index contributed by atoms with van der Waals surface area (Å²) in [6.45, 7) is 9.53. The fourth-order valence-corrected chi connectivity index (χ4v) is 3.45. The predicted molar refractivity (Wildman–Crippen MR) is 128 cm³/mol. The molecule has 2 atom stereocenters. The summed E-state index contributed by atoms with van der Waals surface area (Å²) < 4.78 is 10.6. The Balaban J connectivity index is 1.96. The first-order valence-corrected chi connectivity index (χ1v) is 11.6. The summed E-state index contributed by atoms with van der Waals surface area (Å²) in [6.07, 6.45) is 0.431. The number of nitrogens with one attached hydrogen (secondary N) is 2. The molecule has 2 unspecified atom stereocenters. The van der Waals surface area contributed by atoms with Crippen LogP contribution >= 0.6 is 0 Å². The average Bonchev–Trinajstić information content (AvgIpc) is 2.92. The maximum absolute atomic E-state index is 12.9. The molecule has 1 aromatic carbocycles. The van der Waals surface area contributed by atoms with Crippen molar-refractivity contribution in [1.82, 2.24) is 15.5 Å². The molecule has 0 spiro atoms. The Morgan fingerprint density at radius 3 is 2.50 bits per heavy atom. The van der Waals surface area contributed by atoms with Gasteiger partial charge in [0, 0.05) is 6.54 Å². The molecule has 0 aromatic heterocycles. The third-order valence-electron chi connectivity index (χ3n) is 4.98. The molecule has 3 amide bonds. The van der Waals surface area contributed by atoms with Gasteiger partial charge in [-0.2, -0.15) is 0 Å². The van der Waals surface area contributed by atoms with Crippen molar-refractivity contribution in [2.45, 2.75) is 71.8 Å². The van der Waals surface area contributed by atoms with Gasteiger partial charge in [0.25, 0.3) is 5.91 Å². The lowest BCUT2D eigenvalue weighted by atomic mass is 10.1. The van der Waals surface area contributed by atoms with Crippen molar-refractivity contribution in [2.24, 2.45) is 5.92 Å². The number of nitrogens with zero attached hydrogens (tertiary/aromatic N) is 1. The van der Waals surface area contributed by atoms with Crippen LogP contribution in [-0.2, 0) is 20.9 Å². The van der Waals surface area contributed by atoms with Crippen LogP contribution in [0.25, 0.3) is 0 Å². The number of rotatable bonds is 6. The van der Waals surface area contributed by atoms with Crippen LogP contribution in [0.5, 0.6) is 0 Å². The highest BCUT2D eigenvalue weighted by molar-refractivity contribution is 5.96. The van der Waals surface area contributed by atoms with Gasteiger partial charge in [-0.1, -0.05) is 50.3 Å². The van der Waals surface area contributed by atoms with E-state index in [-0.39, 0.29) is 24.8 Å². The molecule has 0 saturated carbocycles. The Morgan fingerprint density at radius 2 is 1.88 bits per heavy atom. The number of alkyl carbamates (subject to hydrolysis) is 1. The normalized spacial score (nSPS) is 19.3. The second-order valence-corrected chi connectivity index (χ2v) is 9.73. The molecule has 34 heavy (non-hydrogen) atoms. The lowest BCUT2D eigenvalue weighted by molar-refractivity contribution is -0.119. The summed E-state index contributed by atoms with van der Waals surface area (Å²) in [5.74, 6) is -0.534. The van der Waals surface area contributed by atoms with E-state index in [9.17, 15) is 19.5 Å². The fraction of sp³-hybridized carbons (Fsp3) is 0.560. The van der Waals surface area contributed by atoms with Crippen LogP contribution in [-0.4, -0.2) is 58.9 Å². The first-order valence-electron chi connectivity index (χ1n) is 11.6. The van der Waals surface area contributed by atoms with E-state index in [4.69, 9.17) is 9.47 Å². The van der Waals surface area contributed by atoms with Crippen LogP contribution in [0.3, 0.4) is 0 Å². The summed E-state index contributed by atoms with van der Waals surface area (Å²) in [5, 5.41) is 16.0. The van der Waals surface area contributed by atoms with Crippen LogP contribution in [0.15, 0.2) is 42.1 Å². The zero-order valence-electron chi connectivity index (χ0n) is 20.7. The molecule has 1 heterocycles. The molecule has 1 fully saturated rings. The van der Waals surface area contributed by atoms with E-state index in [0.29, 0.717) is 19.4 Å². The molecule has 1 aliphatic heterocycles. The average molecular weight is 476 g/mol. The van der Waals surface area contributed by atoms with Gasteiger partial charge >= 0.3 is 12.2 Å². The van der Waals surface area contributed by atoms with E-state index < -0.39 is 35.8 Å². The zero-order chi connectivity index (χ0) is 25.3. The van der Waals surface area contributed by atoms with E-state index in [0.717, 1.165) is 5.56 Å². The van der Waals surface area contributed by atoms with Gasteiger partial charge in [-0.15, -0.1) is 0 Å². The van der Waals surface area contributed by atoms with E-state index in [1.165, 1.54) is 4.90 Å². The van der Waals surface area contributed by atoms with Gasteiger partial charge in [0.05, 0.1) is 18.7 Å². The van der Waals surface area contributed by atoms with Gasteiger partial charge < -0.3 is 24.8 Å². The third-order valence-corrected chi connectivity index (χ3v) is 4.98. The second-order valence-electron chi connectivity index (χ2n) is 9.73. The zero-order valence-corrected chi connectivity index (χ0v) is 20.7. The van der Waals surface area contributed by atoms with Gasteiger partial charge in [-0.05, 0) is 45.1 Å². The van der Waals surface area contributed by atoms with Gasteiger partial charge in [0.15, 0.2) is 0 Å².